The minimum atomic E-state index is 1.04. The van der Waals surface area contributed by atoms with Crippen molar-refractivity contribution in [3.05, 3.63) is 0 Å². The third-order valence-electron chi connectivity index (χ3n) is 4.25. The van der Waals surface area contributed by atoms with Crippen molar-refractivity contribution in [1.82, 2.24) is 0 Å². The monoisotopic (exact) mass is 180 g/mol. The predicted octanol–water partition coefficient (Wildman–Crippen LogP) is 4.39. The first-order chi connectivity index (χ1) is 6.34. The van der Waals surface area contributed by atoms with Gasteiger partial charge < -0.3 is 0 Å². The SMILES string of the molecule is CC1CCC(CCCC2CCC2)C1. The summed E-state index contributed by atoms with van der Waals surface area (Å²) >= 11 is 0. The van der Waals surface area contributed by atoms with Crippen molar-refractivity contribution in [2.45, 2.75) is 64.7 Å². The molecule has 0 amide bonds. The molecule has 0 spiro atoms. The second-order valence-corrected chi connectivity index (χ2v) is 5.51. The average Bonchev–Trinajstić information content (AvgIpc) is 2.42. The Kier molecular flexibility index (Phi) is 3.29. The summed E-state index contributed by atoms with van der Waals surface area (Å²) in [5.74, 6) is 3.28. The van der Waals surface area contributed by atoms with Crippen molar-refractivity contribution < 1.29 is 0 Å². The molecule has 76 valence electrons. The molecule has 2 fully saturated rings. The van der Waals surface area contributed by atoms with Crippen LogP contribution in [0.3, 0.4) is 0 Å². The summed E-state index contributed by atoms with van der Waals surface area (Å²) in [6.07, 6.45) is 13.8. The Labute approximate surface area is 83.1 Å². The van der Waals surface area contributed by atoms with Crippen molar-refractivity contribution in [3.63, 3.8) is 0 Å². The van der Waals surface area contributed by atoms with E-state index in [2.05, 4.69) is 6.92 Å². The lowest BCUT2D eigenvalue weighted by Gasteiger charge is -2.25. The van der Waals surface area contributed by atoms with E-state index in [1.807, 2.05) is 0 Å². The molecular weight excluding hydrogens is 156 g/mol. The van der Waals surface area contributed by atoms with Gasteiger partial charge in [-0.1, -0.05) is 58.3 Å². The maximum Gasteiger partial charge on any atom is -0.0412 e. The molecule has 2 atom stereocenters. The molecule has 0 saturated heterocycles. The summed E-state index contributed by atoms with van der Waals surface area (Å²) in [5.41, 5.74) is 0. The summed E-state index contributed by atoms with van der Waals surface area (Å²) in [4.78, 5) is 0. The molecule has 2 unspecified atom stereocenters. The zero-order valence-corrected chi connectivity index (χ0v) is 9.10. The molecule has 2 saturated carbocycles. The average molecular weight is 180 g/mol. The number of hydrogen-bond donors (Lipinski definition) is 0. The Morgan fingerprint density at radius 2 is 1.69 bits per heavy atom. The van der Waals surface area contributed by atoms with Crippen molar-refractivity contribution in [3.8, 4) is 0 Å². The first kappa shape index (κ1) is 9.55. The van der Waals surface area contributed by atoms with Crippen LogP contribution in [0.2, 0.25) is 0 Å². The summed E-state index contributed by atoms with van der Waals surface area (Å²) in [6.45, 7) is 2.42. The number of rotatable bonds is 4. The third kappa shape index (κ3) is 2.72. The smallest absolute Gasteiger partial charge is 0.0412 e. The van der Waals surface area contributed by atoms with Crippen LogP contribution in [-0.4, -0.2) is 0 Å². The van der Waals surface area contributed by atoms with Crippen LogP contribution in [0.15, 0.2) is 0 Å². The highest BCUT2D eigenvalue weighted by molar-refractivity contribution is 4.74. The Morgan fingerprint density at radius 3 is 2.23 bits per heavy atom. The first-order valence-electron chi connectivity index (χ1n) is 6.34. The van der Waals surface area contributed by atoms with Crippen LogP contribution in [0.25, 0.3) is 0 Å². The minimum absolute atomic E-state index is 1.04. The second kappa shape index (κ2) is 4.48. The van der Waals surface area contributed by atoms with Crippen molar-refractivity contribution in [2.75, 3.05) is 0 Å². The van der Waals surface area contributed by atoms with Gasteiger partial charge in [0.2, 0.25) is 0 Å². The van der Waals surface area contributed by atoms with Crippen LogP contribution in [0.1, 0.15) is 64.7 Å². The molecular formula is C13H24. The van der Waals surface area contributed by atoms with E-state index in [0.29, 0.717) is 0 Å². The summed E-state index contributed by atoms with van der Waals surface area (Å²) in [6, 6.07) is 0. The van der Waals surface area contributed by atoms with E-state index in [1.54, 1.807) is 25.7 Å². The summed E-state index contributed by atoms with van der Waals surface area (Å²) in [7, 11) is 0. The van der Waals surface area contributed by atoms with Gasteiger partial charge in [-0.25, -0.2) is 0 Å². The molecule has 0 aromatic heterocycles. The van der Waals surface area contributed by atoms with E-state index in [9.17, 15) is 0 Å². The van der Waals surface area contributed by atoms with Crippen LogP contribution in [0.5, 0.6) is 0 Å². The van der Waals surface area contributed by atoms with Crippen molar-refractivity contribution in [2.24, 2.45) is 17.8 Å². The maximum atomic E-state index is 2.42. The maximum absolute atomic E-state index is 2.42. The van der Waals surface area contributed by atoms with Gasteiger partial charge in [-0.05, 0) is 24.2 Å². The predicted molar refractivity (Wildman–Crippen MR) is 57.7 cm³/mol. The summed E-state index contributed by atoms with van der Waals surface area (Å²) in [5, 5.41) is 0. The van der Waals surface area contributed by atoms with Gasteiger partial charge >= 0.3 is 0 Å². The molecule has 2 aliphatic rings. The van der Waals surface area contributed by atoms with Gasteiger partial charge in [0.15, 0.2) is 0 Å². The van der Waals surface area contributed by atoms with E-state index in [1.165, 1.54) is 32.1 Å². The fourth-order valence-electron chi connectivity index (χ4n) is 3.06. The van der Waals surface area contributed by atoms with Gasteiger partial charge in [-0.2, -0.15) is 0 Å². The normalized spacial score (nSPS) is 34.8. The summed E-state index contributed by atoms with van der Waals surface area (Å²) < 4.78 is 0. The van der Waals surface area contributed by atoms with Gasteiger partial charge in [-0.3, -0.25) is 0 Å². The molecule has 0 radical (unpaired) electrons. The van der Waals surface area contributed by atoms with E-state index in [4.69, 9.17) is 0 Å². The van der Waals surface area contributed by atoms with Crippen LogP contribution in [-0.2, 0) is 0 Å². The van der Waals surface area contributed by atoms with Crippen molar-refractivity contribution in [1.29, 1.82) is 0 Å². The van der Waals surface area contributed by atoms with E-state index >= 15 is 0 Å². The molecule has 0 heterocycles. The van der Waals surface area contributed by atoms with Crippen LogP contribution in [0, 0.1) is 17.8 Å². The Hall–Kier alpha value is 0. The highest BCUT2D eigenvalue weighted by Crippen LogP contribution is 2.36. The lowest BCUT2D eigenvalue weighted by molar-refractivity contribution is 0.278. The Balaban J connectivity index is 1.52. The van der Waals surface area contributed by atoms with E-state index < -0.39 is 0 Å². The molecule has 0 bridgehead atoms. The second-order valence-electron chi connectivity index (χ2n) is 5.51. The molecule has 0 N–H and O–H groups in total. The van der Waals surface area contributed by atoms with E-state index in [0.717, 1.165) is 17.8 Å². The fraction of sp³-hybridized carbons (Fsp3) is 1.00. The zero-order chi connectivity index (χ0) is 9.10. The van der Waals surface area contributed by atoms with Gasteiger partial charge in [-0.15, -0.1) is 0 Å². The molecule has 2 rings (SSSR count). The molecule has 0 nitrogen and oxygen atoms in total. The van der Waals surface area contributed by atoms with Gasteiger partial charge in [0, 0.05) is 0 Å². The van der Waals surface area contributed by atoms with Gasteiger partial charge in [0.25, 0.3) is 0 Å². The zero-order valence-electron chi connectivity index (χ0n) is 9.10. The highest BCUT2D eigenvalue weighted by atomic mass is 14.3. The quantitative estimate of drug-likeness (QED) is 0.602. The highest BCUT2D eigenvalue weighted by Gasteiger charge is 2.22. The molecule has 0 aromatic rings. The third-order valence-corrected chi connectivity index (χ3v) is 4.25. The fourth-order valence-corrected chi connectivity index (χ4v) is 3.06. The van der Waals surface area contributed by atoms with E-state index in [-0.39, 0.29) is 0 Å². The topological polar surface area (TPSA) is 0 Å². The van der Waals surface area contributed by atoms with Gasteiger partial charge in [0.1, 0.15) is 0 Å². The Bertz CT molecular complexity index is 146. The first-order valence-corrected chi connectivity index (χ1v) is 6.34. The Morgan fingerprint density at radius 1 is 0.923 bits per heavy atom. The molecule has 0 aliphatic heterocycles. The van der Waals surface area contributed by atoms with Crippen LogP contribution < -0.4 is 0 Å². The number of hydrogen-bond acceptors (Lipinski definition) is 0. The van der Waals surface area contributed by atoms with Crippen molar-refractivity contribution >= 4 is 0 Å². The largest absolute Gasteiger partial charge is 0.0625 e. The van der Waals surface area contributed by atoms with Gasteiger partial charge in [0.05, 0.1) is 0 Å². The lowest BCUT2D eigenvalue weighted by Crippen LogP contribution is -2.10. The lowest BCUT2D eigenvalue weighted by atomic mass is 9.81. The molecule has 0 aromatic carbocycles. The van der Waals surface area contributed by atoms with Crippen LogP contribution in [0.4, 0.5) is 0 Å². The molecule has 2 aliphatic carbocycles. The minimum Gasteiger partial charge on any atom is -0.0625 e. The van der Waals surface area contributed by atoms with Crippen LogP contribution >= 0.6 is 0 Å². The standard InChI is InChI=1S/C13H24/c1-11-8-9-13(10-11)7-3-6-12-4-2-5-12/h11-13H,2-10H2,1H3. The molecule has 0 heteroatoms. The molecule has 13 heavy (non-hydrogen) atoms.